The highest BCUT2D eigenvalue weighted by molar-refractivity contribution is 9.10. The van der Waals surface area contributed by atoms with Gasteiger partial charge in [0.1, 0.15) is 5.01 Å². The highest BCUT2D eigenvalue weighted by atomic mass is 79.9. The van der Waals surface area contributed by atoms with E-state index in [4.69, 9.17) is 17.2 Å². The summed E-state index contributed by atoms with van der Waals surface area (Å²) in [5.74, 6) is -0.265. The van der Waals surface area contributed by atoms with Gasteiger partial charge in [-0.05, 0) is 83.1 Å². The molecule has 1 heterocycles. The number of aromatic nitrogens is 1. The molecule has 0 radical (unpaired) electrons. The van der Waals surface area contributed by atoms with E-state index in [9.17, 15) is 4.79 Å². The van der Waals surface area contributed by atoms with Crippen molar-refractivity contribution in [2.45, 2.75) is 6.92 Å². The normalized spacial score (nSPS) is 10.7. The van der Waals surface area contributed by atoms with Crippen molar-refractivity contribution in [3.05, 3.63) is 82.3 Å². The van der Waals surface area contributed by atoms with E-state index in [1.54, 1.807) is 23.5 Å². The fraction of sp³-hybridized carbons (Fsp3) is 0.0455. The van der Waals surface area contributed by atoms with Crippen molar-refractivity contribution in [2.75, 3.05) is 5.32 Å². The van der Waals surface area contributed by atoms with Gasteiger partial charge in [0, 0.05) is 15.7 Å². The molecule has 0 aliphatic heterocycles. The van der Waals surface area contributed by atoms with Crippen LogP contribution in [0.5, 0.6) is 0 Å². The SMILES string of the molecule is Cc1cc(-c2nc3ccccc3s2)ccc1NC(=S)NC(=O)c1ccccc1Br. The van der Waals surface area contributed by atoms with E-state index in [2.05, 4.69) is 38.7 Å². The van der Waals surface area contributed by atoms with Crippen molar-refractivity contribution in [3.8, 4) is 10.6 Å². The minimum absolute atomic E-state index is 0.251. The number of nitrogens with zero attached hydrogens (tertiary/aromatic N) is 1. The van der Waals surface area contributed by atoms with Crippen molar-refractivity contribution >= 4 is 66.4 Å². The van der Waals surface area contributed by atoms with Gasteiger partial charge in [-0.25, -0.2) is 4.98 Å². The fourth-order valence-electron chi connectivity index (χ4n) is 2.90. The van der Waals surface area contributed by atoms with Crippen LogP contribution in [0.15, 0.2) is 71.2 Å². The number of carbonyl (C=O) groups is 1. The number of aryl methyl sites for hydroxylation is 1. The molecule has 0 spiro atoms. The Bertz CT molecular complexity index is 1200. The predicted molar refractivity (Wildman–Crippen MR) is 128 cm³/mol. The van der Waals surface area contributed by atoms with Crippen LogP contribution in [-0.4, -0.2) is 16.0 Å². The molecule has 7 heteroatoms. The summed E-state index contributed by atoms with van der Waals surface area (Å²) in [6, 6.07) is 21.3. The number of thiazole rings is 1. The van der Waals surface area contributed by atoms with E-state index in [1.165, 1.54) is 4.70 Å². The standard InChI is InChI=1S/C22H16BrN3OS2/c1-13-12-14(21-24-18-8-4-5-9-19(18)29-21)10-11-17(13)25-22(28)26-20(27)15-6-2-3-7-16(15)23/h2-12H,1H3,(H2,25,26,27,28). The Kier molecular flexibility index (Phi) is 5.71. The summed E-state index contributed by atoms with van der Waals surface area (Å²) in [5, 5.41) is 7.05. The summed E-state index contributed by atoms with van der Waals surface area (Å²) in [7, 11) is 0. The summed E-state index contributed by atoms with van der Waals surface area (Å²) in [6.07, 6.45) is 0. The van der Waals surface area contributed by atoms with Gasteiger partial charge in [-0.2, -0.15) is 0 Å². The minimum atomic E-state index is -0.265. The summed E-state index contributed by atoms with van der Waals surface area (Å²) in [5.41, 5.74) is 4.44. The van der Waals surface area contributed by atoms with Gasteiger partial charge < -0.3 is 5.32 Å². The van der Waals surface area contributed by atoms with Gasteiger partial charge >= 0.3 is 0 Å². The maximum absolute atomic E-state index is 12.4. The molecule has 0 saturated heterocycles. The third-order valence-corrected chi connectivity index (χ3v) is 6.34. The van der Waals surface area contributed by atoms with Gasteiger partial charge in [0.2, 0.25) is 0 Å². The number of carbonyl (C=O) groups excluding carboxylic acids is 1. The number of anilines is 1. The van der Waals surface area contributed by atoms with Gasteiger partial charge in [0.05, 0.1) is 15.8 Å². The molecule has 1 amide bonds. The second kappa shape index (κ2) is 8.41. The molecule has 144 valence electrons. The zero-order valence-corrected chi connectivity index (χ0v) is 18.6. The summed E-state index contributed by atoms with van der Waals surface area (Å²) in [4.78, 5) is 17.1. The van der Waals surface area contributed by atoms with Crippen LogP contribution in [0.4, 0.5) is 5.69 Å². The van der Waals surface area contributed by atoms with E-state index in [-0.39, 0.29) is 11.0 Å². The third-order valence-electron chi connectivity index (χ3n) is 4.36. The lowest BCUT2D eigenvalue weighted by molar-refractivity contribution is 0.0977. The maximum atomic E-state index is 12.4. The largest absolute Gasteiger partial charge is 0.332 e. The summed E-state index contributed by atoms with van der Waals surface area (Å²) in [6.45, 7) is 2.00. The van der Waals surface area contributed by atoms with Gasteiger partial charge in [-0.1, -0.05) is 24.3 Å². The molecule has 4 rings (SSSR count). The first-order valence-corrected chi connectivity index (χ1v) is 10.9. The first-order chi connectivity index (χ1) is 14.0. The van der Waals surface area contributed by atoms with Crippen molar-refractivity contribution in [1.82, 2.24) is 10.3 Å². The van der Waals surface area contributed by atoms with E-state index in [1.807, 2.05) is 49.4 Å². The molecule has 0 saturated carbocycles. The fourth-order valence-corrected chi connectivity index (χ4v) is 4.53. The molecule has 3 aromatic carbocycles. The Balaban J connectivity index is 1.49. The molecule has 1 aromatic heterocycles. The van der Waals surface area contributed by atoms with Crippen LogP contribution in [-0.2, 0) is 0 Å². The lowest BCUT2D eigenvalue weighted by Crippen LogP contribution is -2.34. The average molecular weight is 482 g/mol. The summed E-state index contributed by atoms with van der Waals surface area (Å²) < 4.78 is 1.88. The van der Waals surface area contributed by atoms with Crippen LogP contribution >= 0.6 is 39.5 Å². The number of hydrogen-bond acceptors (Lipinski definition) is 4. The van der Waals surface area contributed by atoms with E-state index < -0.39 is 0 Å². The molecule has 4 aromatic rings. The number of rotatable bonds is 3. The Morgan fingerprint density at radius 1 is 1.07 bits per heavy atom. The zero-order valence-electron chi connectivity index (χ0n) is 15.4. The van der Waals surface area contributed by atoms with Crippen molar-refractivity contribution < 1.29 is 4.79 Å². The van der Waals surface area contributed by atoms with Gasteiger partial charge in [-0.15, -0.1) is 11.3 Å². The molecule has 2 N–H and O–H groups in total. The van der Waals surface area contributed by atoms with Gasteiger partial charge in [0.25, 0.3) is 5.91 Å². The molecule has 0 aliphatic carbocycles. The zero-order chi connectivity index (χ0) is 20.4. The molecule has 29 heavy (non-hydrogen) atoms. The molecule has 4 nitrogen and oxygen atoms in total. The molecular formula is C22H16BrN3OS2. The third kappa shape index (κ3) is 4.37. The summed E-state index contributed by atoms with van der Waals surface area (Å²) >= 11 is 10.4. The van der Waals surface area contributed by atoms with Gasteiger partial charge in [-0.3, -0.25) is 10.1 Å². The molecule has 0 aliphatic rings. The topological polar surface area (TPSA) is 54.0 Å². The first kappa shape index (κ1) is 19.7. The van der Waals surface area contributed by atoms with Crippen LogP contribution in [0.1, 0.15) is 15.9 Å². The Hall–Kier alpha value is -2.61. The van der Waals surface area contributed by atoms with Gasteiger partial charge in [0.15, 0.2) is 5.11 Å². The Morgan fingerprint density at radius 2 is 1.83 bits per heavy atom. The minimum Gasteiger partial charge on any atom is -0.332 e. The molecule has 0 bridgehead atoms. The number of halogens is 1. The van der Waals surface area contributed by atoms with Crippen LogP contribution < -0.4 is 10.6 Å². The van der Waals surface area contributed by atoms with E-state index in [0.29, 0.717) is 5.56 Å². The Labute approximate surface area is 186 Å². The number of para-hydroxylation sites is 1. The molecular weight excluding hydrogens is 466 g/mol. The smallest absolute Gasteiger partial charge is 0.258 e. The van der Waals surface area contributed by atoms with Crippen molar-refractivity contribution in [2.24, 2.45) is 0 Å². The van der Waals surface area contributed by atoms with Crippen LogP contribution in [0.2, 0.25) is 0 Å². The molecule has 0 atom stereocenters. The number of hydrogen-bond donors (Lipinski definition) is 2. The molecule has 0 fully saturated rings. The van der Waals surface area contributed by atoms with Crippen LogP contribution in [0.25, 0.3) is 20.8 Å². The first-order valence-electron chi connectivity index (χ1n) is 8.85. The lowest BCUT2D eigenvalue weighted by Gasteiger charge is -2.13. The number of benzene rings is 3. The van der Waals surface area contributed by atoms with Crippen molar-refractivity contribution in [3.63, 3.8) is 0 Å². The number of nitrogens with one attached hydrogen (secondary N) is 2. The van der Waals surface area contributed by atoms with E-state index >= 15 is 0 Å². The Morgan fingerprint density at radius 3 is 2.59 bits per heavy atom. The monoisotopic (exact) mass is 481 g/mol. The number of amides is 1. The van der Waals surface area contributed by atoms with Crippen LogP contribution in [0, 0.1) is 6.92 Å². The van der Waals surface area contributed by atoms with Crippen molar-refractivity contribution in [1.29, 1.82) is 0 Å². The highest BCUT2D eigenvalue weighted by Gasteiger charge is 2.12. The quantitative estimate of drug-likeness (QED) is 0.344. The maximum Gasteiger partial charge on any atom is 0.258 e. The van der Waals surface area contributed by atoms with E-state index in [0.717, 1.165) is 31.8 Å². The number of thiocarbonyl (C=S) groups is 1. The number of fused-ring (bicyclic) bond motifs is 1. The second-order valence-corrected chi connectivity index (χ2v) is 8.70. The van der Waals surface area contributed by atoms with Crippen LogP contribution in [0.3, 0.4) is 0 Å². The average Bonchev–Trinajstić information content (AvgIpc) is 3.14. The lowest BCUT2D eigenvalue weighted by atomic mass is 10.1. The highest BCUT2D eigenvalue weighted by Crippen LogP contribution is 2.31. The molecule has 0 unspecified atom stereocenters. The predicted octanol–water partition coefficient (Wildman–Crippen LogP) is 6.16. The second-order valence-electron chi connectivity index (χ2n) is 6.40.